The van der Waals surface area contributed by atoms with Gasteiger partial charge in [0.2, 0.25) is 0 Å². The van der Waals surface area contributed by atoms with Gasteiger partial charge in [0.1, 0.15) is 37.4 Å². The molecule has 0 saturated heterocycles. The highest BCUT2D eigenvalue weighted by Gasteiger charge is 2.23. The lowest BCUT2D eigenvalue weighted by molar-refractivity contribution is -0.757. The van der Waals surface area contributed by atoms with E-state index in [9.17, 15) is 15.2 Å². The maximum Gasteiger partial charge on any atom is 0.294 e. The third kappa shape index (κ3) is 7.88. The summed E-state index contributed by atoms with van der Waals surface area (Å²) in [7, 11) is 0. The Hall–Kier alpha value is -2.06. The number of β-amino-alcohol motifs (C(OH)–C–C–N with tert-alkyl or cyclic N) is 1. The molecule has 8 heteroatoms. The van der Waals surface area contributed by atoms with E-state index < -0.39 is 11.2 Å². The molecule has 0 bridgehead atoms. The van der Waals surface area contributed by atoms with E-state index in [4.69, 9.17) is 9.47 Å². The fourth-order valence-corrected chi connectivity index (χ4v) is 2.61. The Kier molecular flexibility index (Phi) is 9.75. The van der Waals surface area contributed by atoms with Crippen LogP contribution in [0.2, 0.25) is 0 Å². The van der Waals surface area contributed by atoms with Gasteiger partial charge in [-0.3, -0.25) is 0 Å². The SMILES string of the molecule is CCC(CC)(CC)NCC(O)COc1ccc(OCCO[N+](=O)[O-])cc1. The quantitative estimate of drug-likeness (QED) is 0.295. The number of aliphatic hydroxyl groups is 1. The molecule has 1 atom stereocenters. The monoisotopic (exact) mass is 370 g/mol. The summed E-state index contributed by atoms with van der Waals surface area (Å²) in [6.07, 6.45) is 2.44. The molecule has 1 aromatic carbocycles. The minimum atomic E-state index is -0.855. The normalized spacial score (nSPS) is 12.5. The Morgan fingerprint density at radius 2 is 1.62 bits per heavy atom. The van der Waals surface area contributed by atoms with Gasteiger partial charge >= 0.3 is 0 Å². The Morgan fingerprint density at radius 1 is 1.08 bits per heavy atom. The molecule has 8 nitrogen and oxygen atoms in total. The molecule has 0 aliphatic rings. The predicted molar refractivity (Wildman–Crippen MR) is 98.0 cm³/mol. The smallest absolute Gasteiger partial charge is 0.294 e. The summed E-state index contributed by atoms with van der Waals surface area (Å²) in [5, 5.41) is 22.7. The maximum absolute atomic E-state index is 10.1. The van der Waals surface area contributed by atoms with Crippen LogP contribution in [0.25, 0.3) is 0 Å². The Balaban J connectivity index is 2.32. The zero-order valence-corrected chi connectivity index (χ0v) is 15.8. The molecular weight excluding hydrogens is 340 g/mol. The standard InChI is InChI=1S/C18H30N2O6/c1-4-18(5-2,6-3)19-13-15(21)14-25-17-9-7-16(8-10-17)24-11-12-26-20(22)23/h7-10,15,19,21H,4-6,11-14H2,1-3H3. The molecule has 1 aromatic rings. The van der Waals surface area contributed by atoms with Gasteiger partial charge in [-0.15, -0.1) is 10.1 Å². The number of rotatable bonds is 14. The van der Waals surface area contributed by atoms with Gasteiger partial charge in [0.15, 0.2) is 0 Å². The lowest BCUT2D eigenvalue weighted by Crippen LogP contribution is -2.47. The number of aliphatic hydroxyl groups excluding tert-OH is 1. The number of hydrogen-bond acceptors (Lipinski definition) is 7. The van der Waals surface area contributed by atoms with Gasteiger partial charge in [0.05, 0.1) is 0 Å². The summed E-state index contributed by atoms with van der Waals surface area (Å²) in [4.78, 5) is 14.2. The highest BCUT2D eigenvalue weighted by molar-refractivity contribution is 5.31. The van der Waals surface area contributed by atoms with Crippen LogP contribution in [0.4, 0.5) is 0 Å². The zero-order valence-electron chi connectivity index (χ0n) is 15.8. The zero-order chi connectivity index (χ0) is 19.4. The lowest BCUT2D eigenvalue weighted by atomic mass is 9.90. The van der Waals surface area contributed by atoms with Crippen molar-refractivity contribution in [1.29, 1.82) is 0 Å². The number of nitrogens with one attached hydrogen (secondary N) is 1. The summed E-state index contributed by atoms with van der Waals surface area (Å²) < 4.78 is 10.9. The predicted octanol–water partition coefficient (Wildman–Crippen LogP) is 2.57. The van der Waals surface area contributed by atoms with E-state index in [1.54, 1.807) is 24.3 Å². The van der Waals surface area contributed by atoms with E-state index in [1.807, 2.05) is 0 Å². The van der Waals surface area contributed by atoms with Crippen LogP contribution >= 0.6 is 0 Å². The van der Waals surface area contributed by atoms with Crippen molar-refractivity contribution in [3.8, 4) is 11.5 Å². The summed E-state index contributed by atoms with van der Waals surface area (Å²) >= 11 is 0. The molecule has 0 radical (unpaired) electrons. The molecule has 0 amide bonds. The molecule has 2 N–H and O–H groups in total. The average Bonchev–Trinajstić information content (AvgIpc) is 2.66. The van der Waals surface area contributed by atoms with Crippen molar-refractivity contribution in [2.24, 2.45) is 0 Å². The van der Waals surface area contributed by atoms with E-state index in [0.29, 0.717) is 18.0 Å². The van der Waals surface area contributed by atoms with Gasteiger partial charge in [-0.2, -0.15) is 0 Å². The van der Waals surface area contributed by atoms with E-state index in [-0.39, 0.29) is 25.4 Å². The van der Waals surface area contributed by atoms with Crippen molar-refractivity contribution in [3.63, 3.8) is 0 Å². The van der Waals surface area contributed by atoms with Crippen molar-refractivity contribution < 1.29 is 24.5 Å². The number of nitrogens with zero attached hydrogens (tertiary/aromatic N) is 1. The number of ether oxygens (including phenoxy) is 2. The van der Waals surface area contributed by atoms with Crippen molar-refractivity contribution >= 4 is 0 Å². The highest BCUT2D eigenvalue weighted by Crippen LogP contribution is 2.20. The van der Waals surface area contributed by atoms with E-state index in [1.165, 1.54) is 0 Å². The molecule has 148 valence electrons. The second-order valence-electron chi connectivity index (χ2n) is 6.06. The molecule has 0 spiro atoms. The van der Waals surface area contributed by atoms with Crippen LogP contribution in [0, 0.1) is 10.1 Å². The topological polar surface area (TPSA) is 103 Å². The van der Waals surface area contributed by atoms with Gasteiger partial charge < -0.3 is 24.7 Å². The highest BCUT2D eigenvalue weighted by atomic mass is 17.0. The largest absolute Gasteiger partial charge is 0.492 e. The Labute approximate surface area is 154 Å². The molecule has 0 aliphatic carbocycles. The van der Waals surface area contributed by atoms with Gasteiger partial charge in [0.25, 0.3) is 5.09 Å². The number of hydrogen-bond donors (Lipinski definition) is 2. The van der Waals surface area contributed by atoms with Crippen LogP contribution < -0.4 is 14.8 Å². The first-order valence-corrected chi connectivity index (χ1v) is 9.00. The van der Waals surface area contributed by atoms with Gasteiger partial charge in [-0.25, -0.2) is 0 Å². The van der Waals surface area contributed by atoms with E-state index in [2.05, 4.69) is 30.9 Å². The van der Waals surface area contributed by atoms with Crippen molar-refractivity contribution in [1.82, 2.24) is 5.32 Å². The molecular formula is C18H30N2O6. The number of benzene rings is 1. The first kappa shape index (κ1) is 22.0. The van der Waals surface area contributed by atoms with Crippen LogP contribution in [-0.2, 0) is 4.84 Å². The lowest BCUT2D eigenvalue weighted by Gasteiger charge is -2.33. The van der Waals surface area contributed by atoms with Crippen LogP contribution in [-0.4, -0.2) is 48.2 Å². The van der Waals surface area contributed by atoms with E-state index >= 15 is 0 Å². The first-order valence-electron chi connectivity index (χ1n) is 9.00. The minimum Gasteiger partial charge on any atom is -0.492 e. The van der Waals surface area contributed by atoms with Gasteiger partial charge in [-0.1, -0.05) is 20.8 Å². The molecule has 26 heavy (non-hydrogen) atoms. The van der Waals surface area contributed by atoms with Crippen molar-refractivity contribution in [2.45, 2.75) is 51.7 Å². The van der Waals surface area contributed by atoms with Crippen LogP contribution in [0.3, 0.4) is 0 Å². The van der Waals surface area contributed by atoms with Crippen LogP contribution in [0.15, 0.2) is 24.3 Å². The molecule has 1 unspecified atom stereocenters. The minimum absolute atomic E-state index is 0.0683. The fraction of sp³-hybridized carbons (Fsp3) is 0.667. The first-order chi connectivity index (χ1) is 12.4. The summed E-state index contributed by atoms with van der Waals surface area (Å²) in [5.74, 6) is 1.18. The van der Waals surface area contributed by atoms with Gasteiger partial charge in [0, 0.05) is 12.1 Å². The molecule has 1 rings (SSSR count). The summed E-state index contributed by atoms with van der Waals surface area (Å²) in [5.41, 5.74) is 0.0683. The van der Waals surface area contributed by atoms with Gasteiger partial charge in [-0.05, 0) is 43.5 Å². The average molecular weight is 370 g/mol. The van der Waals surface area contributed by atoms with Crippen LogP contribution in [0.1, 0.15) is 40.0 Å². The molecule has 0 aromatic heterocycles. The van der Waals surface area contributed by atoms with E-state index in [0.717, 1.165) is 19.3 Å². The molecule has 0 saturated carbocycles. The molecule has 0 fully saturated rings. The fourth-order valence-electron chi connectivity index (χ4n) is 2.61. The van der Waals surface area contributed by atoms with Crippen molar-refractivity contribution in [2.75, 3.05) is 26.4 Å². The Morgan fingerprint density at radius 3 is 2.12 bits per heavy atom. The Bertz CT molecular complexity index is 511. The molecule has 0 aliphatic heterocycles. The maximum atomic E-state index is 10.1. The van der Waals surface area contributed by atoms with Crippen LogP contribution in [0.5, 0.6) is 11.5 Å². The second-order valence-corrected chi connectivity index (χ2v) is 6.06. The third-order valence-electron chi connectivity index (χ3n) is 4.56. The molecule has 0 heterocycles. The summed E-state index contributed by atoms with van der Waals surface area (Å²) in [6.45, 7) is 7.07. The second kappa shape index (κ2) is 11.5. The third-order valence-corrected chi connectivity index (χ3v) is 4.56. The summed E-state index contributed by atoms with van der Waals surface area (Å²) in [6, 6.07) is 6.83. The van der Waals surface area contributed by atoms with Crippen molar-refractivity contribution in [3.05, 3.63) is 34.4 Å².